The van der Waals surface area contributed by atoms with Crippen LogP contribution in [0.2, 0.25) is 0 Å². The summed E-state index contributed by atoms with van der Waals surface area (Å²) in [5.74, 6) is -0.974. The number of aromatic carboxylic acids is 1. The Morgan fingerprint density at radius 3 is 2.76 bits per heavy atom. The number of rotatable bonds is 5. The van der Waals surface area contributed by atoms with Crippen LogP contribution in [0.1, 0.15) is 16.9 Å². The maximum atomic E-state index is 11.0. The molecule has 0 aromatic carbocycles. The minimum atomic E-state index is -1.13. The Kier molecular flexibility index (Phi) is 4.27. The van der Waals surface area contributed by atoms with E-state index in [1.54, 1.807) is 7.05 Å². The molecule has 0 bridgehead atoms. The Bertz CT molecular complexity index is 434. The lowest BCUT2D eigenvalue weighted by Gasteiger charge is -2.08. The van der Waals surface area contributed by atoms with Gasteiger partial charge in [-0.1, -0.05) is 0 Å². The van der Waals surface area contributed by atoms with E-state index < -0.39 is 5.97 Å². The summed E-state index contributed by atoms with van der Waals surface area (Å²) in [5, 5.41) is 14.0. The SMILES string of the molecule is CNC(=O)CCNc1nc(C(=O)O)ccc1N. The molecule has 1 aromatic heterocycles. The second-order valence-corrected chi connectivity index (χ2v) is 3.29. The molecule has 0 fully saturated rings. The predicted molar refractivity (Wildman–Crippen MR) is 62.8 cm³/mol. The van der Waals surface area contributed by atoms with E-state index in [9.17, 15) is 9.59 Å². The lowest BCUT2D eigenvalue weighted by atomic mass is 10.3. The fourth-order valence-electron chi connectivity index (χ4n) is 1.15. The Labute approximate surface area is 98.0 Å². The predicted octanol–water partition coefficient (Wildman–Crippen LogP) is -0.0900. The largest absolute Gasteiger partial charge is 0.477 e. The van der Waals surface area contributed by atoms with Gasteiger partial charge in [-0.2, -0.15) is 0 Å². The van der Waals surface area contributed by atoms with Crippen LogP contribution in [-0.2, 0) is 4.79 Å². The molecule has 0 aliphatic carbocycles. The topological polar surface area (TPSA) is 117 Å². The van der Waals surface area contributed by atoms with Crippen molar-refractivity contribution in [1.29, 1.82) is 0 Å². The lowest BCUT2D eigenvalue weighted by Crippen LogP contribution is -2.21. The molecule has 0 saturated carbocycles. The standard InChI is InChI=1S/C10H14N4O3/c1-12-8(15)4-5-13-9-6(11)2-3-7(14-9)10(16)17/h2-3H,4-5,11H2,1H3,(H,12,15)(H,13,14)(H,16,17). The first-order chi connectivity index (χ1) is 8.04. The van der Waals surface area contributed by atoms with Crippen molar-refractivity contribution in [2.75, 3.05) is 24.6 Å². The molecule has 0 saturated heterocycles. The van der Waals surface area contributed by atoms with Crippen molar-refractivity contribution in [3.63, 3.8) is 0 Å². The van der Waals surface area contributed by atoms with Gasteiger partial charge in [-0.3, -0.25) is 4.79 Å². The zero-order chi connectivity index (χ0) is 12.8. The van der Waals surface area contributed by atoms with Crippen molar-refractivity contribution in [2.24, 2.45) is 0 Å². The lowest BCUT2D eigenvalue weighted by molar-refractivity contribution is -0.120. The Morgan fingerprint density at radius 1 is 1.47 bits per heavy atom. The van der Waals surface area contributed by atoms with Gasteiger partial charge in [0.1, 0.15) is 5.82 Å². The van der Waals surface area contributed by atoms with Crippen LogP contribution in [0.4, 0.5) is 11.5 Å². The molecule has 1 heterocycles. The van der Waals surface area contributed by atoms with Gasteiger partial charge in [0.2, 0.25) is 5.91 Å². The van der Waals surface area contributed by atoms with Gasteiger partial charge in [0.05, 0.1) is 5.69 Å². The number of nitrogen functional groups attached to an aromatic ring is 1. The van der Waals surface area contributed by atoms with E-state index >= 15 is 0 Å². The molecule has 1 amide bonds. The zero-order valence-corrected chi connectivity index (χ0v) is 9.36. The molecule has 5 N–H and O–H groups in total. The third-order valence-corrected chi connectivity index (χ3v) is 2.07. The molecule has 0 aliphatic rings. The summed E-state index contributed by atoms with van der Waals surface area (Å²) in [6.07, 6.45) is 0.259. The van der Waals surface area contributed by atoms with Crippen molar-refractivity contribution in [3.05, 3.63) is 17.8 Å². The van der Waals surface area contributed by atoms with Crippen molar-refractivity contribution in [1.82, 2.24) is 10.3 Å². The van der Waals surface area contributed by atoms with Crippen molar-refractivity contribution < 1.29 is 14.7 Å². The number of hydrogen-bond acceptors (Lipinski definition) is 5. The molecule has 0 spiro atoms. The summed E-state index contributed by atoms with van der Waals surface area (Å²) < 4.78 is 0. The first-order valence-electron chi connectivity index (χ1n) is 4.99. The van der Waals surface area contributed by atoms with Crippen molar-refractivity contribution in [3.8, 4) is 0 Å². The molecule has 17 heavy (non-hydrogen) atoms. The molecule has 7 heteroatoms. The summed E-state index contributed by atoms with van der Waals surface area (Å²) in [6, 6.07) is 2.78. The number of anilines is 2. The van der Waals surface area contributed by atoms with E-state index in [2.05, 4.69) is 15.6 Å². The second kappa shape index (κ2) is 5.69. The number of amides is 1. The Morgan fingerprint density at radius 2 is 2.18 bits per heavy atom. The average Bonchev–Trinajstić information content (AvgIpc) is 2.30. The first-order valence-corrected chi connectivity index (χ1v) is 4.99. The van der Waals surface area contributed by atoms with Gasteiger partial charge in [0.15, 0.2) is 5.69 Å². The second-order valence-electron chi connectivity index (χ2n) is 3.29. The molecular formula is C10H14N4O3. The quantitative estimate of drug-likeness (QED) is 0.569. The number of carboxylic acid groups (broad SMARTS) is 1. The minimum absolute atomic E-state index is 0.0957. The van der Waals surface area contributed by atoms with Gasteiger partial charge in [0.25, 0.3) is 0 Å². The van der Waals surface area contributed by atoms with E-state index in [0.29, 0.717) is 12.2 Å². The van der Waals surface area contributed by atoms with E-state index in [1.165, 1.54) is 12.1 Å². The van der Waals surface area contributed by atoms with Gasteiger partial charge < -0.3 is 21.5 Å². The van der Waals surface area contributed by atoms with Crippen LogP contribution in [0.3, 0.4) is 0 Å². The number of pyridine rings is 1. The number of nitrogens with one attached hydrogen (secondary N) is 2. The molecule has 0 unspecified atom stereocenters. The fraction of sp³-hybridized carbons (Fsp3) is 0.300. The number of carbonyl (C=O) groups is 2. The van der Waals surface area contributed by atoms with Crippen LogP contribution in [0, 0.1) is 0 Å². The summed E-state index contributed by atoms with van der Waals surface area (Å²) in [5.41, 5.74) is 5.86. The minimum Gasteiger partial charge on any atom is -0.477 e. The van der Waals surface area contributed by atoms with Gasteiger partial charge in [-0.05, 0) is 12.1 Å². The van der Waals surface area contributed by atoms with Crippen molar-refractivity contribution >= 4 is 23.4 Å². The Hall–Kier alpha value is -2.31. The first kappa shape index (κ1) is 12.8. The molecule has 0 aliphatic heterocycles. The molecule has 0 atom stereocenters. The third kappa shape index (κ3) is 3.63. The number of hydrogen-bond donors (Lipinski definition) is 4. The monoisotopic (exact) mass is 238 g/mol. The van der Waals surface area contributed by atoms with E-state index in [4.69, 9.17) is 10.8 Å². The van der Waals surface area contributed by atoms with Crippen LogP contribution >= 0.6 is 0 Å². The number of aromatic nitrogens is 1. The normalized spacial score (nSPS) is 9.71. The molecular weight excluding hydrogens is 224 g/mol. The zero-order valence-electron chi connectivity index (χ0n) is 9.36. The highest BCUT2D eigenvalue weighted by atomic mass is 16.4. The maximum absolute atomic E-state index is 11.0. The number of carboxylic acids is 1. The highest BCUT2D eigenvalue weighted by molar-refractivity contribution is 5.86. The average molecular weight is 238 g/mol. The van der Waals surface area contributed by atoms with Crippen LogP contribution < -0.4 is 16.4 Å². The van der Waals surface area contributed by atoms with Crippen LogP contribution in [0.25, 0.3) is 0 Å². The summed E-state index contributed by atoms with van der Waals surface area (Å²) in [7, 11) is 1.54. The molecule has 0 radical (unpaired) electrons. The van der Waals surface area contributed by atoms with Crippen molar-refractivity contribution in [2.45, 2.75) is 6.42 Å². The van der Waals surface area contributed by atoms with E-state index in [1.807, 2.05) is 0 Å². The highest BCUT2D eigenvalue weighted by Crippen LogP contribution is 2.15. The highest BCUT2D eigenvalue weighted by Gasteiger charge is 2.08. The number of nitrogens with zero attached hydrogens (tertiary/aromatic N) is 1. The molecule has 7 nitrogen and oxygen atoms in total. The third-order valence-electron chi connectivity index (χ3n) is 2.07. The molecule has 1 aromatic rings. The van der Waals surface area contributed by atoms with Gasteiger partial charge in [-0.25, -0.2) is 9.78 Å². The fourth-order valence-corrected chi connectivity index (χ4v) is 1.15. The van der Waals surface area contributed by atoms with Crippen LogP contribution in [0.15, 0.2) is 12.1 Å². The number of carbonyl (C=O) groups excluding carboxylic acids is 1. The van der Waals surface area contributed by atoms with Gasteiger partial charge >= 0.3 is 5.97 Å². The number of nitrogens with two attached hydrogens (primary N) is 1. The van der Waals surface area contributed by atoms with Crippen LogP contribution in [0.5, 0.6) is 0 Å². The summed E-state index contributed by atoms with van der Waals surface area (Å²) >= 11 is 0. The Balaban J connectivity index is 2.66. The van der Waals surface area contributed by atoms with Gasteiger partial charge in [0, 0.05) is 20.0 Å². The van der Waals surface area contributed by atoms with Gasteiger partial charge in [-0.15, -0.1) is 0 Å². The van der Waals surface area contributed by atoms with E-state index in [-0.39, 0.29) is 23.8 Å². The van der Waals surface area contributed by atoms with E-state index in [0.717, 1.165) is 0 Å². The summed E-state index contributed by atoms with van der Waals surface area (Å²) in [4.78, 5) is 25.5. The smallest absolute Gasteiger partial charge is 0.354 e. The molecule has 1 rings (SSSR count). The summed E-state index contributed by atoms with van der Waals surface area (Å²) in [6.45, 7) is 0.333. The maximum Gasteiger partial charge on any atom is 0.354 e. The molecule has 92 valence electrons. The van der Waals surface area contributed by atoms with Crippen LogP contribution in [-0.4, -0.2) is 35.6 Å².